The highest BCUT2D eigenvalue weighted by molar-refractivity contribution is 7.25. The Morgan fingerprint density at radius 1 is 0.564 bits per heavy atom. The van der Waals surface area contributed by atoms with E-state index in [1.807, 2.05) is 11.3 Å². The van der Waals surface area contributed by atoms with Crippen LogP contribution in [0.4, 0.5) is 0 Å². The lowest BCUT2D eigenvalue weighted by atomic mass is 9.80. The van der Waals surface area contributed by atoms with Gasteiger partial charge in [0, 0.05) is 36.4 Å². The molecule has 0 unspecified atom stereocenters. The first-order valence-corrected chi connectivity index (χ1v) is 14.4. The van der Waals surface area contributed by atoms with Crippen LogP contribution in [0.15, 0.2) is 115 Å². The number of aromatic nitrogens is 1. The van der Waals surface area contributed by atoms with Crippen LogP contribution in [0.1, 0.15) is 25.0 Å². The number of nitrogens with zero attached hydrogens (tertiary/aromatic N) is 1. The molecule has 1 aliphatic carbocycles. The average Bonchev–Trinajstić information content (AvgIpc) is 3.59. The maximum Gasteiger partial charge on any atom is 0.0555 e. The monoisotopic (exact) mass is 515 g/mol. The normalized spacial score (nSPS) is 14.1. The van der Waals surface area contributed by atoms with E-state index in [-0.39, 0.29) is 5.41 Å². The van der Waals surface area contributed by atoms with Gasteiger partial charge in [-0.25, -0.2) is 0 Å². The van der Waals surface area contributed by atoms with Crippen molar-refractivity contribution in [3.8, 4) is 16.8 Å². The minimum atomic E-state index is -0.107. The van der Waals surface area contributed by atoms with E-state index < -0.39 is 0 Å². The Labute approximate surface area is 230 Å². The summed E-state index contributed by atoms with van der Waals surface area (Å²) in [5, 5.41) is 8.03. The molecule has 39 heavy (non-hydrogen) atoms. The van der Waals surface area contributed by atoms with E-state index >= 15 is 0 Å². The lowest BCUT2D eigenvalue weighted by molar-refractivity contribution is 0.667. The third kappa shape index (κ3) is 2.65. The number of rotatable bonds is 1. The van der Waals surface area contributed by atoms with E-state index in [1.165, 1.54) is 80.7 Å². The molecule has 6 aromatic carbocycles. The first kappa shape index (κ1) is 21.5. The summed E-state index contributed by atoms with van der Waals surface area (Å²) in [5.74, 6) is 0. The van der Waals surface area contributed by atoms with Gasteiger partial charge in [0.05, 0.1) is 16.7 Å². The van der Waals surface area contributed by atoms with Crippen LogP contribution < -0.4 is 0 Å². The van der Waals surface area contributed by atoms with Gasteiger partial charge in [-0.3, -0.25) is 0 Å². The summed E-state index contributed by atoms with van der Waals surface area (Å²) < 4.78 is 5.19. The van der Waals surface area contributed by atoms with Gasteiger partial charge in [-0.15, -0.1) is 11.3 Å². The molecule has 2 heteroatoms. The van der Waals surface area contributed by atoms with Crippen molar-refractivity contribution in [3.05, 3.63) is 126 Å². The molecular weight excluding hydrogens is 490 g/mol. The Kier molecular flexibility index (Phi) is 4.07. The highest BCUT2D eigenvalue weighted by atomic mass is 32.1. The molecule has 0 aliphatic heterocycles. The van der Waals surface area contributed by atoms with Crippen LogP contribution in [0.3, 0.4) is 0 Å². The summed E-state index contributed by atoms with van der Waals surface area (Å²) in [6.45, 7) is 4.82. The van der Waals surface area contributed by atoms with E-state index in [2.05, 4.69) is 134 Å². The molecule has 0 amide bonds. The van der Waals surface area contributed by atoms with Gasteiger partial charge in [-0.1, -0.05) is 98.8 Å². The average molecular weight is 516 g/mol. The summed E-state index contributed by atoms with van der Waals surface area (Å²) in [5.41, 5.74) is 9.34. The molecule has 184 valence electrons. The number of thiophene rings is 1. The lowest BCUT2D eigenvalue weighted by Crippen LogP contribution is -2.15. The van der Waals surface area contributed by atoms with Crippen molar-refractivity contribution in [2.75, 3.05) is 0 Å². The SMILES string of the molecule is CC1(C)c2ccc3ccccc3c2-c2ccc3c(c21)c1ccccc1n3-c1cccc2sc3ccccc3c12. The molecule has 0 saturated carbocycles. The van der Waals surface area contributed by atoms with Gasteiger partial charge in [0.25, 0.3) is 0 Å². The number of fused-ring (bicyclic) bond motifs is 12. The highest BCUT2D eigenvalue weighted by Gasteiger charge is 2.39. The van der Waals surface area contributed by atoms with Crippen molar-refractivity contribution >= 4 is 64.1 Å². The Hall–Kier alpha value is -4.40. The molecule has 0 radical (unpaired) electrons. The molecule has 1 nitrogen and oxygen atoms in total. The maximum atomic E-state index is 2.52. The van der Waals surface area contributed by atoms with Gasteiger partial charge >= 0.3 is 0 Å². The van der Waals surface area contributed by atoms with Gasteiger partial charge in [0.2, 0.25) is 0 Å². The molecule has 0 saturated heterocycles. The largest absolute Gasteiger partial charge is 0.309 e. The van der Waals surface area contributed by atoms with Crippen LogP contribution in [0.2, 0.25) is 0 Å². The van der Waals surface area contributed by atoms with E-state index in [1.54, 1.807) is 0 Å². The van der Waals surface area contributed by atoms with Crippen molar-refractivity contribution in [1.29, 1.82) is 0 Å². The van der Waals surface area contributed by atoms with Crippen molar-refractivity contribution in [1.82, 2.24) is 4.57 Å². The fourth-order valence-corrected chi connectivity index (χ4v) is 8.46. The van der Waals surface area contributed by atoms with Crippen LogP contribution in [0, 0.1) is 0 Å². The minimum absolute atomic E-state index is 0.107. The Morgan fingerprint density at radius 3 is 2.21 bits per heavy atom. The van der Waals surface area contributed by atoms with Gasteiger partial charge in [0.1, 0.15) is 0 Å². The van der Waals surface area contributed by atoms with Gasteiger partial charge in [0.15, 0.2) is 0 Å². The predicted molar refractivity (Wildman–Crippen MR) is 169 cm³/mol. The fourth-order valence-electron chi connectivity index (χ4n) is 7.34. The summed E-state index contributed by atoms with van der Waals surface area (Å²) in [7, 11) is 0. The first-order valence-electron chi connectivity index (χ1n) is 13.6. The van der Waals surface area contributed by atoms with Crippen molar-refractivity contribution in [2.24, 2.45) is 0 Å². The highest BCUT2D eigenvalue weighted by Crippen LogP contribution is 2.55. The zero-order valence-corrected chi connectivity index (χ0v) is 22.6. The lowest BCUT2D eigenvalue weighted by Gasteiger charge is -2.23. The zero-order valence-electron chi connectivity index (χ0n) is 21.8. The predicted octanol–water partition coefficient (Wildman–Crippen LogP) is 10.6. The zero-order chi connectivity index (χ0) is 25.9. The summed E-state index contributed by atoms with van der Waals surface area (Å²) >= 11 is 1.88. The molecular formula is C37H25NS. The molecule has 2 aromatic heterocycles. The van der Waals surface area contributed by atoms with E-state index in [4.69, 9.17) is 0 Å². The van der Waals surface area contributed by atoms with Crippen molar-refractivity contribution in [3.63, 3.8) is 0 Å². The van der Waals surface area contributed by atoms with E-state index in [0.29, 0.717) is 0 Å². The van der Waals surface area contributed by atoms with E-state index in [9.17, 15) is 0 Å². The first-order chi connectivity index (χ1) is 19.1. The van der Waals surface area contributed by atoms with Gasteiger partial charge in [-0.2, -0.15) is 0 Å². The van der Waals surface area contributed by atoms with E-state index in [0.717, 1.165) is 0 Å². The van der Waals surface area contributed by atoms with Gasteiger partial charge in [-0.05, 0) is 63.4 Å². The maximum absolute atomic E-state index is 2.52. The number of hydrogen-bond acceptors (Lipinski definition) is 1. The van der Waals surface area contributed by atoms with Crippen molar-refractivity contribution < 1.29 is 0 Å². The summed E-state index contributed by atoms with van der Waals surface area (Å²) in [6.07, 6.45) is 0. The van der Waals surface area contributed by atoms with Crippen LogP contribution >= 0.6 is 11.3 Å². The quantitative estimate of drug-likeness (QED) is 0.205. The Balaban J connectivity index is 1.47. The third-order valence-corrected chi connectivity index (χ3v) is 10.1. The van der Waals surface area contributed by atoms with Crippen LogP contribution in [-0.2, 0) is 5.41 Å². The molecule has 8 aromatic rings. The standard InChI is InChI=1S/C37H25NS/c1-37(2)27-20-18-22-10-3-4-11-23(22)33(27)26-19-21-30-35(36(26)37)24-12-5-7-14-28(24)38(30)29-15-9-17-32-34(29)25-13-6-8-16-31(25)39-32/h3-21H,1-2H3. The molecule has 0 bridgehead atoms. The molecule has 9 rings (SSSR count). The second-order valence-electron chi connectivity index (χ2n) is 11.3. The molecule has 0 spiro atoms. The summed E-state index contributed by atoms with van der Waals surface area (Å²) in [6, 6.07) is 42.8. The topological polar surface area (TPSA) is 4.93 Å². The number of para-hydroxylation sites is 1. The fraction of sp³-hybridized carbons (Fsp3) is 0.0811. The molecule has 2 heterocycles. The Morgan fingerprint density at radius 2 is 1.31 bits per heavy atom. The van der Waals surface area contributed by atoms with Crippen LogP contribution in [-0.4, -0.2) is 4.57 Å². The second-order valence-corrected chi connectivity index (χ2v) is 12.4. The molecule has 0 atom stereocenters. The smallest absolute Gasteiger partial charge is 0.0555 e. The number of benzene rings is 6. The van der Waals surface area contributed by atoms with Crippen LogP contribution in [0.25, 0.3) is 69.6 Å². The number of hydrogen-bond donors (Lipinski definition) is 0. The van der Waals surface area contributed by atoms with Gasteiger partial charge < -0.3 is 4.57 Å². The third-order valence-electron chi connectivity index (χ3n) is 8.96. The van der Waals surface area contributed by atoms with Crippen LogP contribution in [0.5, 0.6) is 0 Å². The van der Waals surface area contributed by atoms with Crippen molar-refractivity contribution in [2.45, 2.75) is 19.3 Å². The second kappa shape index (κ2) is 7.37. The molecule has 1 aliphatic rings. The molecule has 0 fully saturated rings. The molecule has 0 N–H and O–H groups in total. The summed E-state index contributed by atoms with van der Waals surface area (Å²) in [4.78, 5) is 0. The Bertz CT molecular complexity index is 2310. The minimum Gasteiger partial charge on any atom is -0.309 e.